The smallest absolute Gasteiger partial charge is 0.192 e. The van der Waals surface area contributed by atoms with Gasteiger partial charge in [-0.25, -0.2) is 4.39 Å². The molecule has 2 rings (SSSR count). The maximum atomic E-state index is 14.4. The van der Waals surface area contributed by atoms with Crippen molar-refractivity contribution in [2.45, 2.75) is 64.8 Å². The number of allylic oxidation sites excluding steroid dienone is 2. The van der Waals surface area contributed by atoms with E-state index in [4.69, 9.17) is 4.43 Å². The summed E-state index contributed by atoms with van der Waals surface area (Å²) in [4.78, 5) is 11.3. The van der Waals surface area contributed by atoms with E-state index in [0.717, 1.165) is 11.1 Å². The third-order valence-corrected chi connectivity index (χ3v) is 9.51. The quantitative estimate of drug-likeness (QED) is 0.681. The van der Waals surface area contributed by atoms with Crippen LogP contribution in [0.2, 0.25) is 18.1 Å². The zero-order chi connectivity index (χ0) is 17.3. The Morgan fingerprint density at radius 3 is 2.43 bits per heavy atom. The van der Waals surface area contributed by atoms with Crippen LogP contribution in [0, 0.1) is 5.82 Å². The van der Waals surface area contributed by atoms with E-state index in [1.165, 1.54) is 0 Å². The van der Waals surface area contributed by atoms with Crippen molar-refractivity contribution < 1.29 is 13.6 Å². The Morgan fingerprint density at radius 1 is 1.22 bits per heavy atom. The summed E-state index contributed by atoms with van der Waals surface area (Å²) in [7, 11) is -1.83. The van der Waals surface area contributed by atoms with E-state index < -0.39 is 8.32 Å². The fourth-order valence-corrected chi connectivity index (χ4v) is 3.31. The summed E-state index contributed by atoms with van der Waals surface area (Å²) in [6.45, 7) is 11.4. The Bertz CT molecular complexity index is 627. The molecule has 0 heterocycles. The molecule has 0 N–H and O–H groups in total. The normalized spacial score (nSPS) is 16.4. The number of ketones is 1. The number of hydrogen-bond donors (Lipinski definition) is 0. The average molecular weight is 335 g/mol. The van der Waals surface area contributed by atoms with E-state index in [0.29, 0.717) is 31.4 Å². The first kappa shape index (κ1) is 18.1. The fraction of sp³-hybridized carbons (Fsp3) is 0.526. The predicted octanol–water partition coefficient (Wildman–Crippen LogP) is 5.48. The lowest BCUT2D eigenvalue weighted by Crippen LogP contribution is -2.40. The predicted molar refractivity (Wildman–Crippen MR) is 95.2 cm³/mol. The zero-order valence-electron chi connectivity index (χ0n) is 14.8. The van der Waals surface area contributed by atoms with E-state index in [9.17, 15) is 9.18 Å². The SMILES string of the molecule is CC(C)(C)[Si](C)(C)OCc1ccc(C2=CCC(=O)CC2)c(F)c1. The standard InChI is InChI=1S/C19H27FO2Si/c1-19(2,3)23(4,5)22-13-14-6-11-17(18(20)12-14)15-7-9-16(21)10-8-15/h6-7,11-12H,8-10,13H2,1-5H3. The molecule has 0 amide bonds. The molecule has 2 nitrogen and oxygen atoms in total. The fourth-order valence-electron chi connectivity index (χ4n) is 2.35. The maximum Gasteiger partial charge on any atom is 0.192 e. The van der Waals surface area contributed by atoms with Gasteiger partial charge >= 0.3 is 0 Å². The molecule has 0 bridgehead atoms. The lowest BCUT2D eigenvalue weighted by atomic mass is 9.92. The Balaban J connectivity index is 2.10. The van der Waals surface area contributed by atoms with Gasteiger partial charge in [0.05, 0.1) is 6.61 Å². The first-order valence-electron chi connectivity index (χ1n) is 8.24. The van der Waals surface area contributed by atoms with Gasteiger partial charge in [0, 0.05) is 18.4 Å². The molecule has 1 aromatic rings. The van der Waals surface area contributed by atoms with Gasteiger partial charge in [-0.15, -0.1) is 0 Å². The molecule has 0 saturated carbocycles. The van der Waals surface area contributed by atoms with Crippen molar-refractivity contribution in [3.8, 4) is 0 Å². The van der Waals surface area contributed by atoms with E-state index in [1.807, 2.05) is 18.2 Å². The van der Waals surface area contributed by atoms with Gasteiger partial charge in [-0.3, -0.25) is 4.79 Å². The molecule has 126 valence electrons. The molecule has 1 aliphatic rings. The number of benzene rings is 1. The van der Waals surface area contributed by atoms with Crippen LogP contribution in [-0.2, 0) is 15.8 Å². The van der Waals surface area contributed by atoms with Crippen molar-refractivity contribution in [2.75, 3.05) is 0 Å². The van der Waals surface area contributed by atoms with Crippen molar-refractivity contribution in [1.82, 2.24) is 0 Å². The minimum Gasteiger partial charge on any atom is -0.413 e. The van der Waals surface area contributed by atoms with Crippen molar-refractivity contribution in [1.29, 1.82) is 0 Å². The third kappa shape index (κ3) is 4.39. The number of rotatable bonds is 4. The first-order valence-corrected chi connectivity index (χ1v) is 11.1. The third-order valence-electron chi connectivity index (χ3n) is 5.03. The van der Waals surface area contributed by atoms with Crippen LogP contribution in [0.15, 0.2) is 24.3 Å². The number of hydrogen-bond acceptors (Lipinski definition) is 2. The summed E-state index contributed by atoms with van der Waals surface area (Å²) in [5.41, 5.74) is 2.43. The van der Waals surface area contributed by atoms with Crippen molar-refractivity contribution >= 4 is 19.7 Å². The second-order valence-electron chi connectivity index (χ2n) is 7.84. The van der Waals surface area contributed by atoms with Crippen LogP contribution in [0.25, 0.3) is 5.57 Å². The lowest BCUT2D eigenvalue weighted by Gasteiger charge is -2.36. The average Bonchev–Trinajstić information content (AvgIpc) is 2.45. The Kier molecular flexibility index (Phi) is 5.26. The molecule has 0 aromatic heterocycles. The molecule has 0 unspecified atom stereocenters. The molecule has 0 spiro atoms. The van der Waals surface area contributed by atoms with Crippen molar-refractivity contribution in [2.24, 2.45) is 0 Å². The Labute approximate surface area is 139 Å². The summed E-state index contributed by atoms with van der Waals surface area (Å²) < 4.78 is 20.6. The van der Waals surface area contributed by atoms with Gasteiger partial charge in [0.1, 0.15) is 11.6 Å². The highest BCUT2D eigenvalue weighted by atomic mass is 28.4. The molecule has 4 heteroatoms. The van der Waals surface area contributed by atoms with Gasteiger partial charge in [0.25, 0.3) is 0 Å². The summed E-state index contributed by atoms with van der Waals surface area (Å²) in [6, 6.07) is 5.32. The number of halogens is 1. The molecule has 1 aliphatic carbocycles. The molecule has 0 aliphatic heterocycles. The van der Waals surface area contributed by atoms with Crippen LogP contribution in [0.3, 0.4) is 0 Å². The molecular formula is C19H27FO2Si. The van der Waals surface area contributed by atoms with E-state index >= 15 is 0 Å². The van der Waals surface area contributed by atoms with Gasteiger partial charge in [0.15, 0.2) is 8.32 Å². The van der Waals surface area contributed by atoms with Gasteiger partial charge in [-0.05, 0) is 41.8 Å². The van der Waals surface area contributed by atoms with E-state index in [1.54, 1.807) is 6.07 Å². The molecular weight excluding hydrogens is 307 g/mol. The highest BCUT2D eigenvalue weighted by molar-refractivity contribution is 6.74. The Morgan fingerprint density at radius 2 is 1.91 bits per heavy atom. The molecule has 0 saturated heterocycles. The summed E-state index contributed by atoms with van der Waals surface area (Å²) in [5.74, 6) is 0.00970. The van der Waals surface area contributed by atoms with Crippen molar-refractivity contribution in [3.63, 3.8) is 0 Å². The van der Waals surface area contributed by atoms with Crippen LogP contribution in [0.4, 0.5) is 4.39 Å². The highest BCUT2D eigenvalue weighted by Gasteiger charge is 2.37. The van der Waals surface area contributed by atoms with Crippen LogP contribution in [-0.4, -0.2) is 14.1 Å². The second kappa shape index (κ2) is 6.69. The van der Waals surface area contributed by atoms with Crippen LogP contribution >= 0.6 is 0 Å². The van der Waals surface area contributed by atoms with Crippen molar-refractivity contribution in [3.05, 3.63) is 41.2 Å². The minimum absolute atomic E-state index is 0.144. The molecule has 0 atom stereocenters. The molecule has 0 radical (unpaired) electrons. The highest BCUT2D eigenvalue weighted by Crippen LogP contribution is 2.37. The summed E-state index contributed by atoms with van der Waals surface area (Å²) >= 11 is 0. The number of carbonyl (C=O) groups excluding carboxylic acids is 1. The van der Waals surface area contributed by atoms with E-state index in [-0.39, 0.29) is 16.6 Å². The second-order valence-corrected chi connectivity index (χ2v) is 12.6. The molecule has 0 fully saturated rings. The minimum atomic E-state index is -1.83. The van der Waals surface area contributed by atoms with Gasteiger partial charge in [-0.2, -0.15) is 0 Å². The Hall–Kier alpha value is -1.26. The van der Waals surface area contributed by atoms with Gasteiger partial charge in [0.2, 0.25) is 0 Å². The summed E-state index contributed by atoms with van der Waals surface area (Å²) in [6.07, 6.45) is 3.43. The lowest BCUT2D eigenvalue weighted by molar-refractivity contribution is -0.118. The topological polar surface area (TPSA) is 26.3 Å². The number of Topliss-reactive ketones (excluding diaryl/α,β-unsaturated/α-hetero) is 1. The zero-order valence-corrected chi connectivity index (χ0v) is 15.8. The maximum absolute atomic E-state index is 14.4. The summed E-state index contributed by atoms with van der Waals surface area (Å²) in [5, 5.41) is 0.144. The van der Waals surface area contributed by atoms with Crippen LogP contribution in [0.1, 0.15) is 51.2 Å². The first-order chi connectivity index (χ1) is 10.6. The van der Waals surface area contributed by atoms with Gasteiger partial charge < -0.3 is 4.43 Å². The van der Waals surface area contributed by atoms with E-state index in [2.05, 4.69) is 33.9 Å². The van der Waals surface area contributed by atoms with Crippen LogP contribution < -0.4 is 0 Å². The molecule has 23 heavy (non-hydrogen) atoms. The largest absolute Gasteiger partial charge is 0.413 e. The monoisotopic (exact) mass is 334 g/mol. The number of carbonyl (C=O) groups is 1. The van der Waals surface area contributed by atoms with Crippen LogP contribution in [0.5, 0.6) is 0 Å². The molecule has 1 aromatic carbocycles. The van der Waals surface area contributed by atoms with Gasteiger partial charge in [-0.1, -0.05) is 39.0 Å².